The zero-order valence-electron chi connectivity index (χ0n) is 23.9. The van der Waals surface area contributed by atoms with Crippen molar-refractivity contribution in [1.29, 1.82) is 0 Å². The van der Waals surface area contributed by atoms with Gasteiger partial charge in [0.15, 0.2) is 10.4 Å². The van der Waals surface area contributed by atoms with Gasteiger partial charge < -0.3 is 14.2 Å². The molecule has 2 aromatic carbocycles. The van der Waals surface area contributed by atoms with Crippen LogP contribution in [0.1, 0.15) is 32.3 Å². The second-order valence-corrected chi connectivity index (χ2v) is 17.0. The number of amides is 1. The smallest absolute Gasteiger partial charge is 0.362 e. The summed E-state index contributed by atoms with van der Waals surface area (Å²) in [6, 6.07) is 12.1. The summed E-state index contributed by atoms with van der Waals surface area (Å²) >= 11 is 15.9. The Morgan fingerprint density at radius 2 is 1.77 bits per heavy atom. The lowest BCUT2D eigenvalue weighted by Crippen LogP contribution is -2.51. The Morgan fingerprint density at radius 1 is 1.16 bits per heavy atom. The van der Waals surface area contributed by atoms with Gasteiger partial charge in [0, 0.05) is 40.8 Å². The third-order valence-electron chi connectivity index (χ3n) is 7.32. The van der Waals surface area contributed by atoms with E-state index in [9.17, 15) is 22.9 Å². The first-order valence-corrected chi connectivity index (χ1v) is 17.6. The minimum absolute atomic E-state index is 0.000691. The van der Waals surface area contributed by atoms with Crippen LogP contribution >= 0.6 is 46.7 Å². The van der Waals surface area contributed by atoms with Crippen LogP contribution in [0.25, 0.3) is 0 Å². The van der Waals surface area contributed by atoms with Crippen molar-refractivity contribution in [1.82, 2.24) is 13.9 Å². The lowest BCUT2D eigenvalue weighted by molar-refractivity contribution is -0.106. The van der Waals surface area contributed by atoms with Gasteiger partial charge in [-0.05, 0) is 69.0 Å². The molecule has 0 spiro atoms. The monoisotopic (exact) mass is 736 g/mol. The van der Waals surface area contributed by atoms with E-state index in [0.717, 1.165) is 39.7 Å². The number of piperidine rings is 1. The molecule has 1 aromatic heterocycles. The molecule has 234 valence electrons. The number of aliphatic hydroxyl groups is 1. The van der Waals surface area contributed by atoms with Crippen molar-refractivity contribution in [2.24, 2.45) is 0 Å². The molecule has 0 bridgehead atoms. The first-order valence-electron chi connectivity index (χ1n) is 13.1. The Kier molecular flexibility index (Phi) is 10.2. The number of nitrogens with zero attached hydrogens (tertiary/aromatic N) is 4. The molecule has 4 rings (SSSR count). The topological polar surface area (TPSA) is 131 Å². The summed E-state index contributed by atoms with van der Waals surface area (Å²) in [5, 5.41) is 9.55. The second kappa shape index (κ2) is 12.9. The van der Waals surface area contributed by atoms with Crippen LogP contribution in [0.2, 0.25) is 10.0 Å². The van der Waals surface area contributed by atoms with Crippen LogP contribution in [0, 0.1) is 0 Å². The fraction of sp³-hybridized carbons (Fsp3) is 0.407. The summed E-state index contributed by atoms with van der Waals surface area (Å²) in [7, 11) is -6.21. The van der Waals surface area contributed by atoms with Gasteiger partial charge in [0.25, 0.3) is 10.0 Å². The first-order chi connectivity index (χ1) is 20.1. The van der Waals surface area contributed by atoms with E-state index >= 15 is 0 Å². The number of sulfonamides is 1. The molecule has 0 radical (unpaired) electrons. The summed E-state index contributed by atoms with van der Waals surface area (Å²) in [5.41, 5.74) is 0.191. The summed E-state index contributed by atoms with van der Waals surface area (Å²) in [6.07, 6.45) is 2.21. The van der Waals surface area contributed by atoms with E-state index in [1.165, 1.54) is 22.8 Å². The Labute approximate surface area is 269 Å². The molecule has 1 aliphatic rings. The number of rotatable bonds is 11. The number of carbonyl (C=O) groups is 1. The predicted octanol–water partition coefficient (Wildman–Crippen LogP) is 6.18. The highest BCUT2D eigenvalue weighted by Crippen LogP contribution is 2.60. The molecule has 0 aliphatic carbocycles. The van der Waals surface area contributed by atoms with E-state index in [2.05, 4.69) is 20.9 Å². The summed E-state index contributed by atoms with van der Waals surface area (Å²) in [6.45, 7) is 3.14. The van der Waals surface area contributed by atoms with Crippen molar-refractivity contribution in [3.8, 4) is 0 Å². The summed E-state index contributed by atoms with van der Waals surface area (Å²) in [4.78, 5) is 18.1. The van der Waals surface area contributed by atoms with Gasteiger partial charge in [0.05, 0.1) is 18.4 Å². The average Bonchev–Trinajstić information content (AvgIpc) is 3.40. The number of carbonyl (C=O) groups excluding carboxylic acids is 1. The van der Waals surface area contributed by atoms with Crippen molar-refractivity contribution in [3.05, 3.63) is 68.7 Å². The molecule has 1 N–H and O–H groups in total. The van der Waals surface area contributed by atoms with Gasteiger partial charge in [-0.3, -0.25) is 18.8 Å². The van der Waals surface area contributed by atoms with Crippen molar-refractivity contribution in [2.75, 3.05) is 32.2 Å². The quantitative estimate of drug-likeness (QED) is 0.182. The molecule has 1 unspecified atom stereocenters. The predicted molar refractivity (Wildman–Crippen MR) is 169 cm³/mol. The van der Waals surface area contributed by atoms with Gasteiger partial charge in [0.1, 0.15) is 0 Å². The Hall–Kier alpha value is -1.80. The molecule has 1 saturated heterocycles. The van der Waals surface area contributed by atoms with E-state index in [-0.39, 0.29) is 46.1 Å². The van der Waals surface area contributed by atoms with Gasteiger partial charge in [-0.1, -0.05) is 51.3 Å². The number of imidazole rings is 1. The molecule has 1 fully saturated rings. The SMILES string of the molecule is COP(=O)(OC)C1(O)CCCN(S(=O)(=O)c2cnc(N(C=O)c3cc(Cl)cc(Cl)c3)n2C(C)(C)Cc2ccc(Br)cc2)C1. The third-order valence-corrected chi connectivity index (χ3v) is 12.4. The number of β-amino-alcohol motifs (C(OH)–C–C–N with tert-alkyl or cyclic N) is 1. The van der Waals surface area contributed by atoms with Crippen LogP contribution in [0.4, 0.5) is 11.6 Å². The van der Waals surface area contributed by atoms with E-state index < -0.39 is 35.0 Å². The maximum absolute atomic E-state index is 14.3. The molecule has 11 nitrogen and oxygen atoms in total. The molecule has 1 amide bonds. The number of benzene rings is 2. The van der Waals surface area contributed by atoms with Gasteiger partial charge in [-0.2, -0.15) is 4.31 Å². The number of hydrogen-bond acceptors (Lipinski definition) is 8. The highest BCUT2D eigenvalue weighted by Gasteiger charge is 2.53. The normalized spacial score (nSPS) is 18.5. The van der Waals surface area contributed by atoms with Gasteiger partial charge >= 0.3 is 7.60 Å². The molecule has 1 aliphatic heterocycles. The highest BCUT2D eigenvalue weighted by molar-refractivity contribution is 9.10. The van der Waals surface area contributed by atoms with E-state index in [1.807, 2.05) is 38.1 Å². The standard InChI is InChI=1S/C27H32BrCl2N4O7PS/c1-26(2,15-19-6-8-20(28)9-7-19)34-24(16-31-25(34)33(18-35)23-13-21(29)12-22(30)14-23)43(38,39)32-11-5-10-27(36,17-32)42(37,40-3)41-4/h6-9,12-14,16,18,36H,5,10-11,15,17H2,1-4H3. The van der Waals surface area contributed by atoms with E-state index in [1.54, 1.807) is 0 Å². The summed E-state index contributed by atoms with van der Waals surface area (Å²) < 4.78 is 55.4. The fourth-order valence-corrected chi connectivity index (χ4v) is 9.53. The van der Waals surface area contributed by atoms with Gasteiger partial charge in [0.2, 0.25) is 12.4 Å². The molecule has 0 saturated carbocycles. The Morgan fingerprint density at radius 3 is 2.33 bits per heavy atom. The van der Waals surface area contributed by atoms with Gasteiger partial charge in [-0.25, -0.2) is 13.4 Å². The van der Waals surface area contributed by atoms with Crippen molar-refractivity contribution in [3.63, 3.8) is 0 Å². The molecule has 1 atom stereocenters. The molecular weight excluding hydrogens is 706 g/mol. The number of aromatic nitrogens is 2. The third kappa shape index (κ3) is 6.75. The van der Waals surface area contributed by atoms with Gasteiger partial charge in [-0.15, -0.1) is 0 Å². The second-order valence-electron chi connectivity index (χ2n) is 10.7. The van der Waals surface area contributed by atoms with Crippen LogP contribution in [-0.2, 0) is 40.4 Å². The minimum atomic E-state index is -4.40. The molecular formula is C27H32BrCl2N4O7PS. The maximum Gasteiger partial charge on any atom is 0.362 e. The van der Waals surface area contributed by atoms with Crippen LogP contribution in [0.15, 0.2) is 58.2 Å². The number of anilines is 2. The molecule has 3 aromatic rings. The van der Waals surface area contributed by atoms with Crippen LogP contribution < -0.4 is 4.90 Å². The highest BCUT2D eigenvalue weighted by atomic mass is 79.9. The van der Waals surface area contributed by atoms with Crippen LogP contribution in [0.3, 0.4) is 0 Å². The molecule has 16 heteroatoms. The first kappa shape index (κ1) is 34.1. The fourth-order valence-electron chi connectivity index (χ4n) is 5.28. The molecule has 43 heavy (non-hydrogen) atoms. The zero-order chi connectivity index (χ0) is 31.8. The zero-order valence-corrected chi connectivity index (χ0v) is 28.7. The van der Waals surface area contributed by atoms with Crippen molar-refractivity contribution in [2.45, 2.75) is 49.0 Å². The molecule has 2 heterocycles. The lowest BCUT2D eigenvalue weighted by Gasteiger charge is -2.41. The summed E-state index contributed by atoms with van der Waals surface area (Å²) in [5.74, 6) is 0.000691. The number of halogens is 3. The van der Waals surface area contributed by atoms with E-state index in [0.29, 0.717) is 12.8 Å². The minimum Gasteiger partial charge on any atom is -0.376 e. The van der Waals surface area contributed by atoms with E-state index in [4.69, 9.17) is 32.2 Å². The Balaban J connectivity index is 1.89. The maximum atomic E-state index is 14.3. The number of hydrogen-bond donors (Lipinski definition) is 1. The van der Waals surface area contributed by atoms with Crippen LogP contribution in [-0.4, -0.2) is 66.4 Å². The lowest BCUT2D eigenvalue weighted by atomic mass is 9.94. The van der Waals surface area contributed by atoms with Crippen molar-refractivity contribution < 1.29 is 31.9 Å². The Bertz CT molecular complexity index is 1630. The largest absolute Gasteiger partial charge is 0.376 e. The van der Waals surface area contributed by atoms with Crippen LogP contribution in [0.5, 0.6) is 0 Å². The van der Waals surface area contributed by atoms with Crippen molar-refractivity contribution >= 4 is 74.8 Å². The average molecular weight is 738 g/mol.